The van der Waals surface area contributed by atoms with Gasteiger partial charge in [0.2, 0.25) is 0 Å². The fourth-order valence-electron chi connectivity index (χ4n) is 2.49. The molecule has 1 aliphatic heterocycles. The van der Waals surface area contributed by atoms with Crippen molar-refractivity contribution >= 4 is 18.3 Å². The van der Waals surface area contributed by atoms with Gasteiger partial charge in [-0.2, -0.15) is 0 Å². The molecule has 1 unspecified atom stereocenters. The summed E-state index contributed by atoms with van der Waals surface area (Å²) in [6.45, 7) is 2.94. The van der Waals surface area contributed by atoms with Gasteiger partial charge < -0.3 is 10.6 Å². The average molecular weight is 305 g/mol. The Bertz CT molecular complexity index is 454. The van der Waals surface area contributed by atoms with Gasteiger partial charge in [-0.15, -0.1) is 12.4 Å². The van der Waals surface area contributed by atoms with Crippen LogP contribution in [0.1, 0.15) is 30.1 Å². The lowest BCUT2D eigenvalue weighted by Gasteiger charge is -2.33. The van der Waals surface area contributed by atoms with E-state index in [1.54, 1.807) is 0 Å². The maximum atomic E-state index is 13.6. The number of rotatable bonds is 2. The largest absolute Gasteiger partial charge is 0.338 e. The fourth-order valence-corrected chi connectivity index (χ4v) is 2.49. The van der Waals surface area contributed by atoms with Gasteiger partial charge in [-0.25, -0.2) is 8.78 Å². The van der Waals surface area contributed by atoms with Crippen molar-refractivity contribution in [1.29, 1.82) is 0 Å². The topological polar surface area (TPSA) is 46.3 Å². The van der Waals surface area contributed by atoms with E-state index in [9.17, 15) is 13.6 Å². The summed E-state index contributed by atoms with van der Waals surface area (Å²) in [5.74, 6) is -1.81. The van der Waals surface area contributed by atoms with Gasteiger partial charge in [-0.3, -0.25) is 4.79 Å². The molecule has 112 valence electrons. The third kappa shape index (κ3) is 3.46. The zero-order valence-electron chi connectivity index (χ0n) is 11.3. The normalized spacial score (nSPS) is 17.5. The Balaban J connectivity index is 0.00000200. The molecule has 3 nitrogen and oxygen atoms in total. The van der Waals surface area contributed by atoms with Crippen molar-refractivity contribution in [3.05, 3.63) is 35.4 Å². The van der Waals surface area contributed by atoms with E-state index in [2.05, 4.69) is 0 Å². The summed E-state index contributed by atoms with van der Waals surface area (Å²) in [4.78, 5) is 13.6. The highest BCUT2D eigenvalue weighted by Crippen LogP contribution is 2.22. The predicted octanol–water partition coefficient (Wildman–Crippen LogP) is 2.59. The summed E-state index contributed by atoms with van der Waals surface area (Å²) in [6, 6.07) is 3.54. The van der Waals surface area contributed by atoms with Crippen molar-refractivity contribution in [2.75, 3.05) is 13.1 Å². The van der Waals surface area contributed by atoms with E-state index in [1.165, 1.54) is 11.0 Å². The van der Waals surface area contributed by atoms with Crippen LogP contribution in [-0.2, 0) is 0 Å². The monoisotopic (exact) mass is 304 g/mol. The van der Waals surface area contributed by atoms with Crippen molar-refractivity contribution in [1.82, 2.24) is 4.90 Å². The lowest BCUT2D eigenvalue weighted by molar-refractivity contribution is 0.0671. The number of piperidine rings is 1. The van der Waals surface area contributed by atoms with E-state index in [4.69, 9.17) is 5.73 Å². The predicted molar refractivity (Wildman–Crippen MR) is 75.9 cm³/mol. The van der Waals surface area contributed by atoms with Crippen LogP contribution >= 0.6 is 12.4 Å². The van der Waals surface area contributed by atoms with Gasteiger partial charge in [-0.05, 0) is 37.8 Å². The van der Waals surface area contributed by atoms with Gasteiger partial charge in [0, 0.05) is 19.1 Å². The van der Waals surface area contributed by atoms with Crippen LogP contribution in [0.15, 0.2) is 18.2 Å². The van der Waals surface area contributed by atoms with E-state index < -0.39 is 23.1 Å². The fraction of sp³-hybridized carbons (Fsp3) is 0.500. The van der Waals surface area contributed by atoms with E-state index >= 15 is 0 Å². The molecule has 1 heterocycles. The number of benzene rings is 1. The minimum absolute atomic E-state index is 0. The molecule has 1 fully saturated rings. The second-order valence-corrected chi connectivity index (χ2v) is 5.09. The highest BCUT2D eigenvalue weighted by molar-refractivity contribution is 5.94. The molecule has 1 aliphatic rings. The highest BCUT2D eigenvalue weighted by atomic mass is 35.5. The van der Waals surface area contributed by atoms with Gasteiger partial charge in [0.1, 0.15) is 17.2 Å². The molecule has 1 saturated heterocycles. The van der Waals surface area contributed by atoms with Crippen LogP contribution in [0.4, 0.5) is 8.78 Å². The summed E-state index contributed by atoms with van der Waals surface area (Å²) in [6.07, 6.45) is 1.55. The number of carbonyl (C=O) groups excluding carboxylic acids is 1. The van der Waals surface area contributed by atoms with Crippen molar-refractivity contribution in [2.24, 2.45) is 11.7 Å². The minimum Gasteiger partial charge on any atom is -0.338 e. The third-order valence-electron chi connectivity index (χ3n) is 3.75. The minimum atomic E-state index is -0.806. The molecule has 1 aromatic rings. The molecule has 1 atom stereocenters. The van der Waals surface area contributed by atoms with Gasteiger partial charge in [0.15, 0.2) is 0 Å². The second-order valence-electron chi connectivity index (χ2n) is 5.09. The average Bonchev–Trinajstić information content (AvgIpc) is 2.38. The first-order valence-electron chi connectivity index (χ1n) is 6.49. The van der Waals surface area contributed by atoms with Crippen LogP contribution in [-0.4, -0.2) is 29.9 Å². The summed E-state index contributed by atoms with van der Waals surface area (Å²) < 4.78 is 27.1. The Morgan fingerprint density at radius 2 is 1.80 bits per heavy atom. The van der Waals surface area contributed by atoms with Crippen molar-refractivity contribution < 1.29 is 13.6 Å². The summed E-state index contributed by atoms with van der Waals surface area (Å²) in [5, 5.41) is 0. The number of carbonyl (C=O) groups is 1. The Labute approximate surface area is 123 Å². The van der Waals surface area contributed by atoms with Crippen LogP contribution in [0, 0.1) is 17.6 Å². The molecule has 2 rings (SSSR count). The number of hydrogen-bond acceptors (Lipinski definition) is 2. The lowest BCUT2D eigenvalue weighted by Crippen LogP contribution is -2.43. The Kier molecular flexibility index (Phi) is 5.89. The Morgan fingerprint density at radius 1 is 1.30 bits per heavy atom. The zero-order valence-corrected chi connectivity index (χ0v) is 12.1. The van der Waals surface area contributed by atoms with Crippen molar-refractivity contribution in [3.8, 4) is 0 Å². The standard InChI is InChI=1S/C14H18F2N2O.ClH/c1-9(17)10-5-7-18(8-6-10)14(19)13-11(15)3-2-4-12(13)16;/h2-4,9-10H,5-8,17H2,1H3;1H. The summed E-state index contributed by atoms with van der Waals surface area (Å²) in [5.41, 5.74) is 5.37. The lowest BCUT2D eigenvalue weighted by atomic mass is 9.90. The second kappa shape index (κ2) is 6.99. The Hall–Kier alpha value is -1.20. The molecular formula is C14H19ClF2N2O. The number of nitrogens with zero attached hydrogens (tertiary/aromatic N) is 1. The van der Waals surface area contributed by atoms with Crippen molar-refractivity contribution in [2.45, 2.75) is 25.8 Å². The zero-order chi connectivity index (χ0) is 14.0. The molecule has 0 radical (unpaired) electrons. The van der Waals surface area contributed by atoms with Crippen LogP contribution in [0.3, 0.4) is 0 Å². The SMILES string of the molecule is CC(N)C1CCN(C(=O)c2c(F)cccc2F)CC1.Cl. The Morgan fingerprint density at radius 3 is 2.25 bits per heavy atom. The summed E-state index contributed by atoms with van der Waals surface area (Å²) >= 11 is 0. The molecule has 0 bridgehead atoms. The first kappa shape index (κ1) is 16.9. The number of likely N-dealkylation sites (tertiary alicyclic amines) is 1. The van der Waals surface area contributed by atoms with E-state index in [-0.39, 0.29) is 18.4 Å². The molecule has 1 amide bonds. The molecular weight excluding hydrogens is 286 g/mol. The molecule has 6 heteroatoms. The van der Waals surface area contributed by atoms with E-state index in [1.807, 2.05) is 6.92 Å². The third-order valence-corrected chi connectivity index (χ3v) is 3.75. The maximum absolute atomic E-state index is 13.6. The molecule has 0 spiro atoms. The first-order chi connectivity index (χ1) is 9.00. The quantitative estimate of drug-likeness (QED) is 0.913. The smallest absolute Gasteiger partial charge is 0.259 e. The number of halogens is 3. The molecule has 2 N–H and O–H groups in total. The maximum Gasteiger partial charge on any atom is 0.259 e. The van der Waals surface area contributed by atoms with Crippen LogP contribution in [0.2, 0.25) is 0 Å². The van der Waals surface area contributed by atoms with E-state index in [0.29, 0.717) is 19.0 Å². The highest BCUT2D eigenvalue weighted by Gasteiger charge is 2.28. The summed E-state index contributed by atoms with van der Waals surface area (Å²) in [7, 11) is 0. The van der Waals surface area contributed by atoms with Crippen LogP contribution in [0.25, 0.3) is 0 Å². The molecule has 1 aromatic carbocycles. The van der Waals surface area contributed by atoms with Crippen molar-refractivity contribution in [3.63, 3.8) is 0 Å². The molecule has 0 aliphatic carbocycles. The van der Waals surface area contributed by atoms with Gasteiger partial charge >= 0.3 is 0 Å². The molecule has 20 heavy (non-hydrogen) atoms. The van der Waals surface area contributed by atoms with Gasteiger partial charge in [0.25, 0.3) is 5.91 Å². The molecule has 0 saturated carbocycles. The number of hydrogen-bond donors (Lipinski definition) is 1. The van der Waals surface area contributed by atoms with Crippen LogP contribution in [0.5, 0.6) is 0 Å². The number of nitrogens with two attached hydrogens (primary N) is 1. The molecule has 0 aromatic heterocycles. The van der Waals surface area contributed by atoms with Gasteiger partial charge in [-0.1, -0.05) is 6.07 Å². The number of amides is 1. The first-order valence-corrected chi connectivity index (χ1v) is 6.49. The van der Waals surface area contributed by atoms with Gasteiger partial charge in [0.05, 0.1) is 0 Å². The van der Waals surface area contributed by atoms with E-state index in [0.717, 1.165) is 25.0 Å². The van der Waals surface area contributed by atoms with Crippen LogP contribution < -0.4 is 5.73 Å².